The number of nitrogens with zero attached hydrogens (tertiary/aromatic N) is 1. The zero-order valence-corrected chi connectivity index (χ0v) is 11.0. The molecule has 0 heterocycles. The Bertz CT molecular complexity index is 358. The lowest BCUT2D eigenvalue weighted by atomic mass is 9.96. The quantitative estimate of drug-likeness (QED) is 0.817. The van der Waals surface area contributed by atoms with Gasteiger partial charge in [0.1, 0.15) is 0 Å². The highest BCUT2D eigenvalue weighted by molar-refractivity contribution is 5.35. The molecule has 0 radical (unpaired) electrons. The number of benzene rings is 1. The summed E-state index contributed by atoms with van der Waals surface area (Å²) in [6.07, 6.45) is 3.89. The average Bonchev–Trinajstić information content (AvgIpc) is 3.15. The van der Waals surface area contributed by atoms with Gasteiger partial charge in [-0.1, -0.05) is 31.2 Å². The van der Waals surface area contributed by atoms with Crippen LogP contribution in [0.5, 0.6) is 0 Å². The van der Waals surface area contributed by atoms with Crippen LogP contribution in [-0.4, -0.2) is 25.0 Å². The molecule has 94 valence electrons. The van der Waals surface area contributed by atoms with E-state index in [0.29, 0.717) is 12.6 Å². The number of hydrogen-bond acceptors (Lipinski definition) is 2. The molecule has 2 N–H and O–H groups in total. The Morgan fingerprint density at radius 2 is 2.06 bits per heavy atom. The molecule has 1 aromatic rings. The zero-order chi connectivity index (χ0) is 12.3. The van der Waals surface area contributed by atoms with Crippen molar-refractivity contribution in [2.24, 2.45) is 5.73 Å². The van der Waals surface area contributed by atoms with Crippen LogP contribution < -0.4 is 5.73 Å². The van der Waals surface area contributed by atoms with Gasteiger partial charge in [0.15, 0.2) is 0 Å². The minimum absolute atomic E-state index is 0.381. The van der Waals surface area contributed by atoms with Crippen molar-refractivity contribution in [1.29, 1.82) is 0 Å². The summed E-state index contributed by atoms with van der Waals surface area (Å²) in [4.78, 5) is 2.39. The maximum atomic E-state index is 5.98. The highest BCUT2D eigenvalue weighted by atomic mass is 15.1. The predicted octanol–water partition coefficient (Wildman–Crippen LogP) is 2.91. The Morgan fingerprint density at radius 3 is 2.65 bits per heavy atom. The second-order valence-electron chi connectivity index (χ2n) is 5.14. The van der Waals surface area contributed by atoms with Crippen molar-refractivity contribution >= 4 is 0 Å². The van der Waals surface area contributed by atoms with Gasteiger partial charge in [-0.3, -0.25) is 4.90 Å². The smallest absolute Gasteiger partial charge is 0.0470 e. The molecule has 17 heavy (non-hydrogen) atoms. The van der Waals surface area contributed by atoms with Crippen molar-refractivity contribution in [3.8, 4) is 0 Å². The van der Waals surface area contributed by atoms with E-state index < -0.39 is 0 Å². The summed E-state index contributed by atoms with van der Waals surface area (Å²) < 4.78 is 0. The van der Waals surface area contributed by atoms with E-state index in [1.54, 1.807) is 0 Å². The summed E-state index contributed by atoms with van der Waals surface area (Å²) in [5.74, 6) is 0.801. The van der Waals surface area contributed by atoms with E-state index in [4.69, 9.17) is 5.73 Å². The van der Waals surface area contributed by atoms with Crippen molar-refractivity contribution in [2.75, 3.05) is 20.1 Å². The van der Waals surface area contributed by atoms with Crippen molar-refractivity contribution in [2.45, 2.75) is 38.1 Å². The second-order valence-corrected chi connectivity index (χ2v) is 5.14. The van der Waals surface area contributed by atoms with E-state index in [9.17, 15) is 0 Å². The number of rotatable bonds is 6. The molecule has 1 aliphatic carbocycles. The minimum Gasteiger partial charge on any atom is -0.329 e. The van der Waals surface area contributed by atoms with Crippen LogP contribution in [0.2, 0.25) is 0 Å². The van der Waals surface area contributed by atoms with Gasteiger partial charge in [-0.05, 0) is 49.9 Å². The molecule has 1 unspecified atom stereocenters. The third-order valence-electron chi connectivity index (χ3n) is 3.70. The topological polar surface area (TPSA) is 29.3 Å². The monoisotopic (exact) mass is 232 g/mol. The summed E-state index contributed by atoms with van der Waals surface area (Å²) in [5.41, 5.74) is 8.97. The highest BCUT2D eigenvalue weighted by Gasteiger charge is 2.28. The number of hydrogen-bond donors (Lipinski definition) is 1. The summed E-state index contributed by atoms with van der Waals surface area (Å²) in [5, 5.41) is 0. The molecule has 0 spiro atoms. The Kier molecular flexibility index (Phi) is 4.19. The van der Waals surface area contributed by atoms with E-state index in [2.05, 4.69) is 43.1 Å². The molecule has 2 rings (SSSR count). The highest BCUT2D eigenvalue weighted by Crippen LogP contribution is 2.43. The molecule has 0 aromatic heterocycles. The number of nitrogens with two attached hydrogens (primary N) is 1. The normalized spacial score (nSPS) is 17.4. The molecule has 1 aliphatic rings. The molecular weight excluding hydrogens is 208 g/mol. The third kappa shape index (κ3) is 2.88. The van der Waals surface area contributed by atoms with Gasteiger partial charge in [-0.15, -0.1) is 0 Å². The zero-order valence-electron chi connectivity index (χ0n) is 11.0. The van der Waals surface area contributed by atoms with Crippen LogP contribution in [0.15, 0.2) is 24.3 Å². The van der Waals surface area contributed by atoms with Crippen LogP contribution in [-0.2, 0) is 0 Å². The number of likely N-dealkylation sites (N-methyl/N-ethyl adjacent to an activating group) is 1. The van der Waals surface area contributed by atoms with E-state index in [0.717, 1.165) is 12.5 Å². The van der Waals surface area contributed by atoms with Gasteiger partial charge in [0, 0.05) is 12.6 Å². The van der Waals surface area contributed by atoms with Crippen molar-refractivity contribution in [1.82, 2.24) is 4.90 Å². The SMILES string of the molecule is CCCN(C)C(CN)c1ccccc1C1CC1. The molecule has 1 atom stereocenters. The van der Waals surface area contributed by atoms with E-state index in [1.807, 2.05) is 0 Å². The molecule has 1 saturated carbocycles. The van der Waals surface area contributed by atoms with E-state index in [-0.39, 0.29) is 0 Å². The minimum atomic E-state index is 0.381. The first-order chi connectivity index (χ1) is 8.27. The first-order valence-corrected chi connectivity index (χ1v) is 6.77. The Labute approximate surface area is 105 Å². The maximum absolute atomic E-state index is 5.98. The molecule has 0 aliphatic heterocycles. The lowest BCUT2D eigenvalue weighted by Crippen LogP contribution is -2.31. The summed E-state index contributed by atoms with van der Waals surface area (Å²) in [6.45, 7) is 4.04. The Hall–Kier alpha value is -0.860. The molecule has 1 aromatic carbocycles. The van der Waals surface area contributed by atoms with Gasteiger partial charge in [-0.25, -0.2) is 0 Å². The van der Waals surface area contributed by atoms with Crippen LogP contribution >= 0.6 is 0 Å². The van der Waals surface area contributed by atoms with Crippen LogP contribution in [0.25, 0.3) is 0 Å². The first kappa shape index (κ1) is 12.6. The molecule has 0 saturated heterocycles. The van der Waals surface area contributed by atoms with Crippen molar-refractivity contribution in [3.63, 3.8) is 0 Å². The molecule has 1 fully saturated rings. The summed E-state index contributed by atoms with van der Waals surface area (Å²) in [7, 11) is 2.19. The van der Waals surface area contributed by atoms with E-state index in [1.165, 1.54) is 30.4 Å². The van der Waals surface area contributed by atoms with Crippen molar-refractivity contribution < 1.29 is 0 Å². The molecule has 0 amide bonds. The fraction of sp³-hybridized carbons (Fsp3) is 0.600. The predicted molar refractivity (Wildman–Crippen MR) is 73.1 cm³/mol. The Morgan fingerprint density at radius 1 is 1.35 bits per heavy atom. The van der Waals surface area contributed by atoms with Gasteiger partial charge in [0.2, 0.25) is 0 Å². The summed E-state index contributed by atoms with van der Waals surface area (Å²) in [6, 6.07) is 9.23. The molecular formula is C15H24N2. The fourth-order valence-corrected chi connectivity index (χ4v) is 2.63. The van der Waals surface area contributed by atoms with Gasteiger partial charge in [-0.2, -0.15) is 0 Å². The van der Waals surface area contributed by atoms with Crippen LogP contribution in [0.1, 0.15) is 49.3 Å². The largest absolute Gasteiger partial charge is 0.329 e. The maximum Gasteiger partial charge on any atom is 0.0470 e. The molecule has 2 heteroatoms. The standard InChI is InChI=1S/C15H24N2/c1-3-10-17(2)15(11-16)14-7-5-4-6-13(14)12-8-9-12/h4-7,12,15H,3,8-11,16H2,1-2H3. The van der Waals surface area contributed by atoms with Crippen molar-refractivity contribution in [3.05, 3.63) is 35.4 Å². The third-order valence-corrected chi connectivity index (χ3v) is 3.70. The second kappa shape index (κ2) is 5.65. The van der Waals surface area contributed by atoms with Crippen LogP contribution in [0.4, 0.5) is 0 Å². The first-order valence-electron chi connectivity index (χ1n) is 6.77. The van der Waals surface area contributed by atoms with Gasteiger partial charge in [0.25, 0.3) is 0 Å². The molecule has 0 bridgehead atoms. The van der Waals surface area contributed by atoms with Gasteiger partial charge < -0.3 is 5.73 Å². The molecule has 2 nitrogen and oxygen atoms in total. The fourth-order valence-electron chi connectivity index (χ4n) is 2.63. The lowest BCUT2D eigenvalue weighted by Gasteiger charge is -2.28. The lowest BCUT2D eigenvalue weighted by molar-refractivity contribution is 0.249. The summed E-state index contributed by atoms with van der Waals surface area (Å²) >= 11 is 0. The van der Waals surface area contributed by atoms with Crippen LogP contribution in [0, 0.1) is 0 Å². The van der Waals surface area contributed by atoms with Gasteiger partial charge >= 0.3 is 0 Å². The van der Waals surface area contributed by atoms with E-state index >= 15 is 0 Å². The van der Waals surface area contributed by atoms with Crippen LogP contribution in [0.3, 0.4) is 0 Å². The average molecular weight is 232 g/mol. The van der Waals surface area contributed by atoms with Gasteiger partial charge in [0.05, 0.1) is 0 Å². The Balaban J connectivity index is 2.23.